The molecule has 0 saturated carbocycles. The monoisotopic (exact) mass is 522 g/mol. The molecule has 6 heterocycles. The first kappa shape index (κ1) is 23.6. The number of Topliss-reactive ketones (excluding diaryl/α,β-unsaturated/α-hetero) is 1. The summed E-state index contributed by atoms with van der Waals surface area (Å²) in [5, 5.41) is 10.4. The maximum atomic E-state index is 12.1. The molecule has 0 unspecified atom stereocenters. The fourth-order valence-corrected chi connectivity index (χ4v) is 4.94. The lowest BCUT2D eigenvalue weighted by Crippen LogP contribution is -2.17. The Morgan fingerprint density at radius 2 is 1.82 bits per heavy atom. The summed E-state index contributed by atoms with van der Waals surface area (Å²) in [5.41, 5.74) is 6.19. The molecule has 0 spiro atoms. The van der Waals surface area contributed by atoms with Crippen molar-refractivity contribution in [2.75, 3.05) is 5.32 Å². The van der Waals surface area contributed by atoms with Crippen molar-refractivity contribution in [3.8, 4) is 33.3 Å². The highest BCUT2D eigenvalue weighted by molar-refractivity contribution is 7.17. The number of aromatic amines is 2. The van der Waals surface area contributed by atoms with Crippen LogP contribution in [-0.2, 0) is 4.79 Å². The van der Waals surface area contributed by atoms with Gasteiger partial charge in [-0.2, -0.15) is 5.10 Å². The van der Waals surface area contributed by atoms with Crippen LogP contribution in [0, 0.1) is 5.92 Å². The van der Waals surface area contributed by atoms with Crippen molar-refractivity contribution in [2.45, 2.75) is 20.8 Å². The van der Waals surface area contributed by atoms with Gasteiger partial charge in [0.15, 0.2) is 17.3 Å². The van der Waals surface area contributed by atoms with Gasteiger partial charge >= 0.3 is 0 Å². The minimum Gasteiger partial charge on any atom is -0.336 e. The number of H-pyrrole nitrogens is 2. The molecular weight excluding hydrogens is 500 g/mol. The molecule has 6 aromatic rings. The Morgan fingerprint density at radius 3 is 2.61 bits per heavy atom. The summed E-state index contributed by atoms with van der Waals surface area (Å²) < 4.78 is 0. The largest absolute Gasteiger partial charge is 0.336 e. The summed E-state index contributed by atoms with van der Waals surface area (Å²) in [7, 11) is 0. The molecule has 1 amide bonds. The van der Waals surface area contributed by atoms with Gasteiger partial charge in [-0.15, -0.1) is 11.3 Å². The minimum absolute atomic E-state index is 0.0176. The standard InChI is InChI=1S/C27H22N8O2S/c1-13(2)27(37)30-16-10-15(11-28-12-16)17-4-5-19-23(31-17)25(35-34-19)26-32-18-8-9-29-24(22(18)33-26)21-7-6-20(38-21)14(3)36/h4-13H,1-3H3,(H,30,37)(H,32,33)(H,34,35). The molecule has 11 heteroatoms. The van der Waals surface area contributed by atoms with Crippen molar-refractivity contribution >= 4 is 50.8 Å². The average Bonchev–Trinajstić information content (AvgIpc) is 3.66. The van der Waals surface area contributed by atoms with Gasteiger partial charge in [0, 0.05) is 23.9 Å². The van der Waals surface area contributed by atoms with Gasteiger partial charge in [0.25, 0.3) is 0 Å². The first-order chi connectivity index (χ1) is 18.4. The van der Waals surface area contributed by atoms with E-state index < -0.39 is 0 Å². The predicted octanol–water partition coefficient (Wildman–Crippen LogP) is 5.48. The highest BCUT2D eigenvalue weighted by Gasteiger charge is 2.19. The zero-order valence-corrected chi connectivity index (χ0v) is 21.6. The minimum atomic E-state index is -0.142. The second-order valence-electron chi connectivity index (χ2n) is 9.13. The maximum absolute atomic E-state index is 12.1. The summed E-state index contributed by atoms with van der Waals surface area (Å²) in [6.07, 6.45) is 5.02. The SMILES string of the molecule is CC(=O)c1ccc(-c2nccc3[nH]c(-c4n[nH]c5ccc(-c6cncc(NC(=O)C(C)C)c6)nc45)nc23)s1. The summed E-state index contributed by atoms with van der Waals surface area (Å²) >= 11 is 1.39. The number of imidazole rings is 1. The molecule has 0 atom stereocenters. The van der Waals surface area contributed by atoms with Crippen LogP contribution in [0.2, 0.25) is 0 Å². The fraction of sp³-hybridized carbons (Fsp3) is 0.148. The maximum Gasteiger partial charge on any atom is 0.226 e. The Balaban J connectivity index is 1.40. The molecular formula is C27H22N8O2S. The van der Waals surface area contributed by atoms with Crippen molar-refractivity contribution in [1.82, 2.24) is 35.1 Å². The van der Waals surface area contributed by atoms with Gasteiger partial charge < -0.3 is 10.3 Å². The zero-order chi connectivity index (χ0) is 26.4. The number of thiophene rings is 1. The number of rotatable bonds is 6. The van der Waals surface area contributed by atoms with Gasteiger partial charge in [-0.3, -0.25) is 24.7 Å². The third-order valence-corrected chi connectivity index (χ3v) is 7.24. The Kier molecular flexibility index (Phi) is 5.76. The Hall–Kier alpha value is -4.77. The van der Waals surface area contributed by atoms with E-state index in [2.05, 4.69) is 30.5 Å². The van der Waals surface area contributed by atoms with Gasteiger partial charge in [-0.05, 0) is 43.3 Å². The lowest BCUT2D eigenvalue weighted by atomic mass is 10.1. The van der Waals surface area contributed by atoms with Gasteiger partial charge in [-0.25, -0.2) is 9.97 Å². The van der Waals surface area contributed by atoms with Crippen LogP contribution in [0.4, 0.5) is 5.69 Å². The molecule has 0 aliphatic rings. The number of nitrogens with one attached hydrogen (secondary N) is 3. The van der Waals surface area contributed by atoms with Gasteiger partial charge in [0.2, 0.25) is 5.91 Å². The number of carbonyl (C=O) groups is 2. The van der Waals surface area contributed by atoms with E-state index >= 15 is 0 Å². The van der Waals surface area contributed by atoms with Crippen molar-refractivity contribution in [2.24, 2.45) is 5.92 Å². The second kappa shape index (κ2) is 9.27. The van der Waals surface area contributed by atoms with E-state index in [1.807, 2.05) is 44.2 Å². The second-order valence-corrected chi connectivity index (χ2v) is 10.2. The highest BCUT2D eigenvalue weighted by atomic mass is 32.1. The molecule has 0 bridgehead atoms. The Bertz CT molecular complexity index is 1850. The first-order valence-electron chi connectivity index (χ1n) is 11.9. The normalized spacial score (nSPS) is 11.5. The lowest BCUT2D eigenvalue weighted by molar-refractivity contribution is -0.118. The highest BCUT2D eigenvalue weighted by Crippen LogP contribution is 2.34. The van der Waals surface area contributed by atoms with Crippen LogP contribution in [0.5, 0.6) is 0 Å². The van der Waals surface area contributed by atoms with Crippen molar-refractivity contribution in [3.63, 3.8) is 0 Å². The summed E-state index contributed by atoms with van der Waals surface area (Å²) in [6.45, 7) is 5.22. The molecule has 0 aliphatic carbocycles. The van der Waals surface area contributed by atoms with Gasteiger partial charge in [0.1, 0.15) is 16.7 Å². The molecule has 0 radical (unpaired) electrons. The van der Waals surface area contributed by atoms with Crippen LogP contribution in [-0.4, -0.2) is 46.8 Å². The van der Waals surface area contributed by atoms with Crippen molar-refractivity contribution < 1.29 is 9.59 Å². The number of aromatic nitrogens is 7. The summed E-state index contributed by atoms with van der Waals surface area (Å²) in [4.78, 5) is 47.3. The van der Waals surface area contributed by atoms with Crippen molar-refractivity contribution in [1.29, 1.82) is 0 Å². The number of carbonyl (C=O) groups excluding carboxylic acids is 2. The summed E-state index contributed by atoms with van der Waals surface area (Å²) in [6, 6.07) is 11.2. The van der Waals surface area contributed by atoms with Crippen LogP contribution < -0.4 is 5.32 Å². The third-order valence-electron chi connectivity index (χ3n) is 6.05. The van der Waals surface area contributed by atoms with Crippen molar-refractivity contribution in [3.05, 3.63) is 59.9 Å². The van der Waals surface area contributed by atoms with Crippen LogP contribution in [0.3, 0.4) is 0 Å². The molecule has 188 valence electrons. The smallest absolute Gasteiger partial charge is 0.226 e. The predicted molar refractivity (Wildman–Crippen MR) is 147 cm³/mol. The summed E-state index contributed by atoms with van der Waals surface area (Å²) in [5.74, 6) is 0.342. The van der Waals surface area contributed by atoms with Crippen LogP contribution in [0.25, 0.3) is 55.4 Å². The number of hydrogen-bond acceptors (Lipinski definition) is 8. The molecule has 6 aromatic heterocycles. The van der Waals surface area contributed by atoms with E-state index in [0.29, 0.717) is 44.5 Å². The average molecular weight is 523 g/mol. The first-order valence-corrected chi connectivity index (χ1v) is 12.8. The number of amides is 1. The van der Waals surface area contributed by atoms with Crippen LogP contribution >= 0.6 is 11.3 Å². The molecule has 0 aromatic carbocycles. The van der Waals surface area contributed by atoms with Crippen LogP contribution in [0.1, 0.15) is 30.4 Å². The molecule has 3 N–H and O–H groups in total. The zero-order valence-electron chi connectivity index (χ0n) is 20.7. The number of anilines is 1. The Labute approximate surface area is 220 Å². The van der Waals surface area contributed by atoms with Gasteiger partial charge in [-0.1, -0.05) is 13.8 Å². The molecule has 38 heavy (non-hydrogen) atoms. The molecule has 0 fully saturated rings. The van der Waals surface area contributed by atoms with E-state index in [4.69, 9.17) is 9.97 Å². The van der Waals surface area contributed by atoms with E-state index in [9.17, 15) is 9.59 Å². The number of hydrogen-bond donors (Lipinski definition) is 3. The molecule has 0 saturated heterocycles. The van der Waals surface area contributed by atoms with E-state index in [0.717, 1.165) is 21.5 Å². The fourth-order valence-electron chi connectivity index (χ4n) is 4.04. The number of pyridine rings is 3. The number of fused-ring (bicyclic) bond motifs is 2. The third kappa shape index (κ3) is 4.22. The van der Waals surface area contributed by atoms with Crippen LogP contribution in [0.15, 0.2) is 55.0 Å². The van der Waals surface area contributed by atoms with E-state index in [1.165, 1.54) is 11.3 Å². The van der Waals surface area contributed by atoms with Gasteiger partial charge in [0.05, 0.1) is 38.4 Å². The number of nitrogens with zero attached hydrogens (tertiary/aromatic N) is 5. The van der Waals surface area contributed by atoms with E-state index in [-0.39, 0.29) is 17.6 Å². The molecule has 10 nitrogen and oxygen atoms in total. The molecule has 0 aliphatic heterocycles. The van der Waals surface area contributed by atoms with E-state index in [1.54, 1.807) is 31.6 Å². The molecule has 6 rings (SSSR count). The quantitative estimate of drug-likeness (QED) is 0.246. The Morgan fingerprint density at radius 1 is 0.974 bits per heavy atom. The topological polar surface area (TPSA) is 142 Å². The lowest BCUT2D eigenvalue weighted by Gasteiger charge is -2.08. The number of ketones is 1.